The van der Waals surface area contributed by atoms with Gasteiger partial charge in [-0.2, -0.15) is 0 Å². The van der Waals surface area contributed by atoms with Gasteiger partial charge in [0.05, 0.1) is 12.2 Å². The average molecular weight is 268 g/mol. The summed E-state index contributed by atoms with van der Waals surface area (Å²) in [5, 5.41) is 0. The minimum Gasteiger partial charge on any atom is -0.459 e. The SMILES string of the molecule is CN1CCOC(COC(=O)c2ccc(F)cc2N)C1. The van der Waals surface area contributed by atoms with Gasteiger partial charge in [-0.05, 0) is 25.2 Å². The summed E-state index contributed by atoms with van der Waals surface area (Å²) in [5.41, 5.74) is 5.82. The van der Waals surface area contributed by atoms with Crippen molar-refractivity contribution in [3.63, 3.8) is 0 Å². The van der Waals surface area contributed by atoms with E-state index in [1.54, 1.807) is 0 Å². The first-order chi connectivity index (χ1) is 9.06. The van der Waals surface area contributed by atoms with Crippen molar-refractivity contribution in [2.75, 3.05) is 39.1 Å². The Morgan fingerprint density at radius 2 is 2.42 bits per heavy atom. The highest BCUT2D eigenvalue weighted by Crippen LogP contribution is 2.15. The van der Waals surface area contributed by atoms with Crippen molar-refractivity contribution in [3.8, 4) is 0 Å². The molecule has 1 aromatic rings. The summed E-state index contributed by atoms with van der Waals surface area (Å²) in [6.07, 6.45) is -0.135. The van der Waals surface area contributed by atoms with E-state index >= 15 is 0 Å². The van der Waals surface area contributed by atoms with Gasteiger partial charge in [0.15, 0.2) is 0 Å². The molecule has 0 aliphatic carbocycles. The molecule has 5 nitrogen and oxygen atoms in total. The number of nitrogens with zero attached hydrogens (tertiary/aromatic N) is 1. The van der Waals surface area contributed by atoms with Crippen LogP contribution < -0.4 is 5.73 Å². The number of ether oxygens (including phenoxy) is 2. The van der Waals surface area contributed by atoms with Crippen LogP contribution in [0, 0.1) is 5.82 Å². The van der Waals surface area contributed by atoms with Gasteiger partial charge in [0, 0.05) is 18.8 Å². The van der Waals surface area contributed by atoms with Gasteiger partial charge in [-0.15, -0.1) is 0 Å². The molecule has 104 valence electrons. The van der Waals surface area contributed by atoms with Gasteiger partial charge in [-0.3, -0.25) is 0 Å². The molecular formula is C13H17FN2O3. The third kappa shape index (κ3) is 3.65. The van der Waals surface area contributed by atoms with E-state index < -0.39 is 11.8 Å². The van der Waals surface area contributed by atoms with Gasteiger partial charge >= 0.3 is 5.97 Å². The van der Waals surface area contributed by atoms with Gasteiger partial charge in [0.25, 0.3) is 0 Å². The number of likely N-dealkylation sites (N-methyl/N-ethyl adjacent to an activating group) is 1. The number of hydrogen-bond acceptors (Lipinski definition) is 5. The molecule has 1 fully saturated rings. The Morgan fingerprint density at radius 1 is 1.63 bits per heavy atom. The van der Waals surface area contributed by atoms with Crippen LogP contribution in [0.2, 0.25) is 0 Å². The zero-order valence-corrected chi connectivity index (χ0v) is 10.8. The summed E-state index contributed by atoms with van der Waals surface area (Å²) in [6, 6.07) is 3.60. The molecule has 1 atom stereocenters. The maximum absolute atomic E-state index is 12.9. The van der Waals surface area contributed by atoms with Crippen LogP contribution in [-0.2, 0) is 9.47 Å². The second kappa shape index (κ2) is 5.99. The molecule has 0 aromatic heterocycles. The highest BCUT2D eigenvalue weighted by Gasteiger charge is 2.20. The molecule has 1 saturated heterocycles. The molecule has 1 aromatic carbocycles. The Balaban J connectivity index is 1.90. The molecule has 19 heavy (non-hydrogen) atoms. The van der Waals surface area contributed by atoms with E-state index in [0.29, 0.717) is 13.2 Å². The lowest BCUT2D eigenvalue weighted by Crippen LogP contribution is -2.42. The van der Waals surface area contributed by atoms with Crippen LogP contribution in [0.15, 0.2) is 18.2 Å². The third-order valence-electron chi connectivity index (χ3n) is 2.98. The highest BCUT2D eigenvalue weighted by molar-refractivity contribution is 5.95. The molecule has 1 aliphatic rings. The first kappa shape index (κ1) is 13.8. The summed E-state index contributed by atoms with van der Waals surface area (Å²) in [5.74, 6) is -1.04. The fraction of sp³-hybridized carbons (Fsp3) is 0.462. The number of anilines is 1. The minimum absolute atomic E-state index is 0.0756. The highest BCUT2D eigenvalue weighted by atomic mass is 19.1. The molecule has 0 radical (unpaired) electrons. The first-order valence-electron chi connectivity index (χ1n) is 6.08. The van der Waals surface area contributed by atoms with E-state index in [2.05, 4.69) is 4.90 Å². The normalized spacial score (nSPS) is 20.2. The van der Waals surface area contributed by atoms with Crippen molar-refractivity contribution >= 4 is 11.7 Å². The zero-order valence-electron chi connectivity index (χ0n) is 10.8. The van der Waals surface area contributed by atoms with Gasteiger partial charge in [-0.1, -0.05) is 0 Å². The maximum Gasteiger partial charge on any atom is 0.340 e. The van der Waals surface area contributed by atoms with Crippen molar-refractivity contribution in [3.05, 3.63) is 29.6 Å². The maximum atomic E-state index is 12.9. The third-order valence-corrected chi connectivity index (χ3v) is 2.98. The van der Waals surface area contributed by atoms with Crippen LogP contribution in [0.3, 0.4) is 0 Å². The number of rotatable bonds is 3. The molecule has 0 saturated carbocycles. The van der Waals surface area contributed by atoms with Crippen molar-refractivity contribution in [1.82, 2.24) is 4.90 Å². The predicted octanol–water partition coefficient (Wildman–Crippen LogP) is 0.895. The topological polar surface area (TPSA) is 64.8 Å². The molecule has 1 heterocycles. The minimum atomic E-state index is -0.561. The number of hydrogen-bond donors (Lipinski definition) is 1. The molecule has 1 aliphatic heterocycles. The van der Waals surface area contributed by atoms with E-state index in [4.69, 9.17) is 15.2 Å². The monoisotopic (exact) mass is 268 g/mol. The van der Waals surface area contributed by atoms with Crippen molar-refractivity contribution in [2.24, 2.45) is 0 Å². The van der Waals surface area contributed by atoms with Gasteiger partial charge in [0.1, 0.15) is 18.5 Å². The summed E-state index contributed by atoms with van der Waals surface area (Å²) < 4.78 is 23.5. The van der Waals surface area contributed by atoms with E-state index in [1.807, 2.05) is 7.05 Å². The second-order valence-electron chi connectivity index (χ2n) is 4.59. The Hall–Kier alpha value is -1.66. The number of carbonyl (C=O) groups excluding carboxylic acids is 1. The average Bonchev–Trinajstić information content (AvgIpc) is 2.36. The number of benzene rings is 1. The summed E-state index contributed by atoms with van der Waals surface area (Å²) in [4.78, 5) is 13.9. The molecule has 2 N–H and O–H groups in total. The van der Waals surface area contributed by atoms with Crippen LogP contribution in [-0.4, -0.2) is 50.3 Å². The van der Waals surface area contributed by atoms with E-state index in [-0.39, 0.29) is 24.0 Å². The Labute approximate surface area is 111 Å². The molecule has 6 heteroatoms. The van der Waals surface area contributed by atoms with Crippen LogP contribution in [0.25, 0.3) is 0 Å². The van der Waals surface area contributed by atoms with Crippen LogP contribution >= 0.6 is 0 Å². The zero-order chi connectivity index (χ0) is 13.8. The predicted molar refractivity (Wildman–Crippen MR) is 68.3 cm³/mol. The van der Waals surface area contributed by atoms with Crippen molar-refractivity contribution < 1.29 is 18.7 Å². The fourth-order valence-electron chi connectivity index (χ4n) is 1.93. The number of nitrogen functional groups attached to an aromatic ring is 1. The molecule has 1 unspecified atom stereocenters. The van der Waals surface area contributed by atoms with Crippen LogP contribution in [0.5, 0.6) is 0 Å². The second-order valence-corrected chi connectivity index (χ2v) is 4.59. The standard InChI is InChI=1S/C13H17FN2O3/c1-16-4-5-18-10(7-16)8-19-13(17)11-3-2-9(14)6-12(11)15/h2-3,6,10H,4-5,7-8,15H2,1H3. The largest absolute Gasteiger partial charge is 0.459 e. The summed E-state index contributed by atoms with van der Waals surface area (Å²) in [7, 11) is 1.98. The van der Waals surface area contributed by atoms with Crippen molar-refractivity contribution in [1.29, 1.82) is 0 Å². The van der Waals surface area contributed by atoms with E-state index in [0.717, 1.165) is 12.6 Å². The van der Waals surface area contributed by atoms with E-state index in [9.17, 15) is 9.18 Å². The van der Waals surface area contributed by atoms with Gasteiger partial charge in [-0.25, -0.2) is 9.18 Å². The molecule has 0 spiro atoms. The lowest BCUT2D eigenvalue weighted by Gasteiger charge is -2.29. The van der Waals surface area contributed by atoms with Crippen LogP contribution in [0.1, 0.15) is 10.4 Å². The quantitative estimate of drug-likeness (QED) is 0.651. The molecular weight excluding hydrogens is 251 g/mol. The summed E-state index contributed by atoms with van der Waals surface area (Å²) in [6.45, 7) is 2.37. The first-order valence-corrected chi connectivity index (χ1v) is 6.08. The number of halogens is 1. The fourth-order valence-corrected chi connectivity index (χ4v) is 1.93. The Bertz CT molecular complexity index is 467. The lowest BCUT2D eigenvalue weighted by molar-refractivity contribution is -0.0528. The molecule has 0 amide bonds. The lowest BCUT2D eigenvalue weighted by atomic mass is 10.2. The smallest absolute Gasteiger partial charge is 0.340 e. The molecule has 0 bridgehead atoms. The van der Waals surface area contributed by atoms with Crippen LogP contribution in [0.4, 0.5) is 10.1 Å². The number of nitrogens with two attached hydrogens (primary N) is 1. The Kier molecular flexibility index (Phi) is 4.34. The van der Waals surface area contributed by atoms with E-state index in [1.165, 1.54) is 12.1 Å². The van der Waals surface area contributed by atoms with Gasteiger partial charge < -0.3 is 20.1 Å². The van der Waals surface area contributed by atoms with Gasteiger partial charge in [0.2, 0.25) is 0 Å². The van der Waals surface area contributed by atoms with Crippen molar-refractivity contribution in [2.45, 2.75) is 6.10 Å². The Morgan fingerprint density at radius 3 is 3.11 bits per heavy atom. The number of carbonyl (C=O) groups is 1. The molecule has 2 rings (SSSR count). The number of esters is 1. The summed E-state index contributed by atoms with van der Waals surface area (Å²) >= 11 is 0. The number of morpholine rings is 1.